The molecule has 1 rings (SSSR count). The Balaban J connectivity index is 2.82. The second kappa shape index (κ2) is 7.25. The summed E-state index contributed by atoms with van der Waals surface area (Å²) in [7, 11) is 4.15. The second-order valence-electron chi connectivity index (χ2n) is 5.42. The minimum atomic E-state index is 0.302. The van der Waals surface area contributed by atoms with Crippen molar-refractivity contribution in [2.45, 2.75) is 39.2 Å². The molecule has 0 aliphatic rings. The van der Waals surface area contributed by atoms with Gasteiger partial charge in [0.15, 0.2) is 0 Å². The van der Waals surface area contributed by atoms with E-state index >= 15 is 0 Å². The summed E-state index contributed by atoms with van der Waals surface area (Å²) in [6.45, 7) is 7.41. The quantitative estimate of drug-likeness (QED) is 0.514. The molecule has 0 aromatic carbocycles. The van der Waals surface area contributed by atoms with Crippen LogP contribution in [0.5, 0.6) is 0 Å². The molecule has 0 amide bonds. The van der Waals surface area contributed by atoms with E-state index in [4.69, 9.17) is 5.84 Å². The van der Waals surface area contributed by atoms with Gasteiger partial charge in [0.25, 0.3) is 0 Å². The number of anilines is 2. The molecule has 1 unspecified atom stereocenters. The topological polar surface area (TPSA) is 79.1 Å². The van der Waals surface area contributed by atoms with Crippen LogP contribution in [-0.2, 0) is 0 Å². The minimum Gasteiger partial charge on any atom is -0.367 e. The smallest absolute Gasteiger partial charge is 0.148 e. The highest BCUT2D eigenvalue weighted by molar-refractivity contribution is 5.58. The number of aromatic nitrogens is 2. The zero-order valence-corrected chi connectivity index (χ0v) is 12.6. The maximum atomic E-state index is 5.51. The van der Waals surface area contributed by atoms with Crippen LogP contribution in [0, 0.1) is 0 Å². The Morgan fingerprint density at radius 1 is 1.21 bits per heavy atom. The van der Waals surface area contributed by atoms with E-state index in [0.717, 1.165) is 24.3 Å². The van der Waals surface area contributed by atoms with Crippen LogP contribution in [0.3, 0.4) is 0 Å². The maximum absolute atomic E-state index is 5.51. The molecule has 1 aromatic heterocycles. The zero-order chi connectivity index (χ0) is 14.4. The van der Waals surface area contributed by atoms with Crippen molar-refractivity contribution >= 4 is 11.6 Å². The molecule has 6 heteroatoms. The summed E-state index contributed by atoms with van der Waals surface area (Å²) >= 11 is 0. The van der Waals surface area contributed by atoms with E-state index in [1.54, 1.807) is 0 Å². The normalized spacial score (nSPS) is 12.8. The van der Waals surface area contributed by atoms with E-state index in [0.29, 0.717) is 17.8 Å². The van der Waals surface area contributed by atoms with Crippen LogP contribution < -0.4 is 16.6 Å². The average molecular weight is 266 g/mol. The van der Waals surface area contributed by atoms with Gasteiger partial charge in [0, 0.05) is 11.6 Å². The van der Waals surface area contributed by atoms with Crippen molar-refractivity contribution < 1.29 is 0 Å². The first-order chi connectivity index (χ1) is 8.95. The molecule has 0 spiro atoms. The average Bonchev–Trinajstić information content (AvgIpc) is 2.35. The van der Waals surface area contributed by atoms with Gasteiger partial charge in [0.1, 0.15) is 18.0 Å². The Labute approximate surface area is 115 Å². The van der Waals surface area contributed by atoms with E-state index in [1.165, 1.54) is 6.33 Å². The molecular formula is C13H26N6. The summed E-state index contributed by atoms with van der Waals surface area (Å²) < 4.78 is 0. The van der Waals surface area contributed by atoms with Crippen LogP contribution in [0.1, 0.15) is 38.7 Å². The van der Waals surface area contributed by atoms with Crippen LogP contribution in [0.25, 0.3) is 0 Å². The Morgan fingerprint density at radius 3 is 2.37 bits per heavy atom. The fourth-order valence-corrected chi connectivity index (χ4v) is 1.93. The minimum absolute atomic E-state index is 0.302. The van der Waals surface area contributed by atoms with Gasteiger partial charge in [-0.3, -0.25) is 0 Å². The summed E-state index contributed by atoms with van der Waals surface area (Å²) in [6, 6.07) is 0.348. The van der Waals surface area contributed by atoms with Gasteiger partial charge in [-0.2, -0.15) is 0 Å². The molecule has 6 nitrogen and oxygen atoms in total. The molecule has 0 aliphatic heterocycles. The maximum Gasteiger partial charge on any atom is 0.148 e. The number of nitrogens with one attached hydrogen (secondary N) is 2. The van der Waals surface area contributed by atoms with Crippen molar-refractivity contribution in [3.05, 3.63) is 11.9 Å². The molecule has 0 bridgehead atoms. The summed E-state index contributed by atoms with van der Waals surface area (Å²) in [6.07, 6.45) is 2.59. The van der Waals surface area contributed by atoms with Gasteiger partial charge >= 0.3 is 0 Å². The van der Waals surface area contributed by atoms with Crippen molar-refractivity contribution in [1.29, 1.82) is 0 Å². The Hall–Kier alpha value is -1.40. The van der Waals surface area contributed by atoms with Gasteiger partial charge in [-0.05, 0) is 39.9 Å². The standard InChI is InChI=1S/C13H26N6/c1-9(2)11-12(15-8-16-13(11)18-14)17-10(3)6-7-19(4)5/h8-10H,6-7,14H2,1-5H3,(H2,15,16,17,18). The lowest BCUT2D eigenvalue weighted by molar-refractivity contribution is 0.390. The van der Waals surface area contributed by atoms with Gasteiger partial charge in [0.2, 0.25) is 0 Å². The molecule has 0 radical (unpaired) electrons. The first-order valence-corrected chi connectivity index (χ1v) is 6.68. The Bertz CT molecular complexity index is 391. The number of nitrogens with two attached hydrogens (primary N) is 1. The molecule has 0 saturated heterocycles. The number of hydrogen-bond donors (Lipinski definition) is 3. The third kappa shape index (κ3) is 4.65. The van der Waals surface area contributed by atoms with Crippen LogP contribution in [0.4, 0.5) is 11.6 Å². The van der Waals surface area contributed by atoms with Crippen molar-refractivity contribution in [3.8, 4) is 0 Å². The lowest BCUT2D eigenvalue weighted by atomic mass is 10.0. The van der Waals surface area contributed by atoms with Gasteiger partial charge in [-0.25, -0.2) is 15.8 Å². The molecular weight excluding hydrogens is 240 g/mol. The van der Waals surface area contributed by atoms with E-state index in [2.05, 4.69) is 60.5 Å². The predicted octanol–water partition coefficient (Wildman–Crippen LogP) is 1.64. The Morgan fingerprint density at radius 2 is 1.84 bits per heavy atom. The lowest BCUT2D eigenvalue weighted by Crippen LogP contribution is -2.24. The highest BCUT2D eigenvalue weighted by Crippen LogP contribution is 2.28. The molecule has 1 aromatic rings. The fourth-order valence-electron chi connectivity index (χ4n) is 1.93. The molecule has 0 saturated carbocycles. The van der Waals surface area contributed by atoms with E-state index < -0.39 is 0 Å². The first kappa shape index (κ1) is 15.7. The zero-order valence-electron chi connectivity index (χ0n) is 12.6. The van der Waals surface area contributed by atoms with Crippen LogP contribution in [0.2, 0.25) is 0 Å². The molecule has 19 heavy (non-hydrogen) atoms. The van der Waals surface area contributed by atoms with Crippen LogP contribution in [-0.4, -0.2) is 41.5 Å². The number of rotatable bonds is 7. The summed E-state index contributed by atoms with van der Waals surface area (Å²) in [4.78, 5) is 10.7. The molecule has 0 fully saturated rings. The van der Waals surface area contributed by atoms with E-state index in [9.17, 15) is 0 Å². The largest absolute Gasteiger partial charge is 0.367 e. The molecule has 0 aliphatic carbocycles. The lowest BCUT2D eigenvalue weighted by Gasteiger charge is -2.21. The predicted molar refractivity (Wildman–Crippen MR) is 80.2 cm³/mol. The van der Waals surface area contributed by atoms with Crippen LogP contribution in [0.15, 0.2) is 6.33 Å². The second-order valence-corrected chi connectivity index (χ2v) is 5.42. The summed E-state index contributed by atoms with van der Waals surface area (Å²) in [5, 5.41) is 3.45. The SMILES string of the molecule is CC(CCN(C)C)Nc1ncnc(NN)c1C(C)C. The number of hydrogen-bond acceptors (Lipinski definition) is 6. The van der Waals surface area contributed by atoms with E-state index in [1.807, 2.05) is 0 Å². The third-order valence-electron chi connectivity index (χ3n) is 2.99. The Kier molecular flexibility index (Phi) is 5.98. The van der Waals surface area contributed by atoms with Crippen molar-refractivity contribution in [2.75, 3.05) is 31.4 Å². The fraction of sp³-hybridized carbons (Fsp3) is 0.692. The van der Waals surface area contributed by atoms with Crippen LogP contribution >= 0.6 is 0 Å². The molecule has 1 heterocycles. The third-order valence-corrected chi connectivity index (χ3v) is 2.99. The van der Waals surface area contributed by atoms with Gasteiger partial charge < -0.3 is 15.6 Å². The van der Waals surface area contributed by atoms with Crippen molar-refractivity contribution in [1.82, 2.24) is 14.9 Å². The molecule has 108 valence electrons. The van der Waals surface area contributed by atoms with Gasteiger partial charge in [-0.1, -0.05) is 13.8 Å². The highest BCUT2D eigenvalue weighted by Gasteiger charge is 2.15. The van der Waals surface area contributed by atoms with Gasteiger partial charge in [-0.15, -0.1) is 0 Å². The van der Waals surface area contributed by atoms with Gasteiger partial charge in [0.05, 0.1) is 0 Å². The number of nitrogens with zero attached hydrogens (tertiary/aromatic N) is 3. The van der Waals surface area contributed by atoms with Crippen molar-refractivity contribution in [3.63, 3.8) is 0 Å². The highest BCUT2D eigenvalue weighted by atomic mass is 15.3. The number of nitrogen functional groups attached to an aromatic ring is 1. The molecule has 4 N–H and O–H groups in total. The monoisotopic (exact) mass is 266 g/mol. The number of hydrazine groups is 1. The summed E-state index contributed by atoms with van der Waals surface area (Å²) in [5.74, 6) is 7.37. The summed E-state index contributed by atoms with van der Waals surface area (Å²) in [5.41, 5.74) is 3.67. The first-order valence-electron chi connectivity index (χ1n) is 6.68. The van der Waals surface area contributed by atoms with Crippen molar-refractivity contribution in [2.24, 2.45) is 5.84 Å². The molecule has 1 atom stereocenters. The van der Waals surface area contributed by atoms with E-state index in [-0.39, 0.29) is 0 Å².